The number of ether oxygens (including phenoxy) is 1. The highest BCUT2D eigenvalue weighted by atomic mass is 32.2. The van der Waals surface area contributed by atoms with E-state index in [-0.39, 0.29) is 4.90 Å². The number of hydrogen-bond donors (Lipinski definition) is 1. The van der Waals surface area contributed by atoms with Crippen molar-refractivity contribution in [2.24, 2.45) is 0 Å². The molecule has 5 aromatic rings. The Balaban J connectivity index is 1.55. The molecular weight excluding hydrogens is 428 g/mol. The van der Waals surface area contributed by atoms with Gasteiger partial charge in [0, 0.05) is 24.1 Å². The van der Waals surface area contributed by atoms with E-state index in [9.17, 15) is 8.42 Å². The first-order valence-corrected chi connectivity index (χ1v) is 11.6. The highest BCUT2D eigenvalue weighted by molar-refractivity contribution is 7.90. The third-order valence-electron chi connectivity index (χ3n) is 4.85. The normalized spacial score (nSPS) is 11.7. The molecule has 0 saturated carbocycles. The molecule has 9 nitrogen and oxygen atoms in total. The van der Waals surface area contributed by atoms with Gasteiger partial charge < -0.3 is 9.72 Å². The van der Waals surface area contributed by atoms with Gasteiger partial charge in [-0.3, -0.25) is 4.98 Å². The Morgan fingerprint density at radius 3 is 2.62 bits per heavy atom. The molecule has 0 saturated heterocycles. The molecule has 0 amide bonds. The number of H-pyrrole nitrogens is 1. The summed E-state index contributed by atoms with van der Waals surface area (Å²) in [5, 5.41) is 4.18. The molecule has 0 aliphatic carbocycles. The molecular formula is C22H18N6O3S. The van der Waals surface area contributed by atoms with Gasteiger partial charge in [-0.05, 0) is 42.5 Å². The molecule has 0 aliphatic rings. The molecule has 0 spiro atoms. The van der Waals surface area contributed by atoms with E-state index in [0.717, 1.165) is 22.3 Å². The summed E-state index contributed by atoms with van der Waals surface area (Å²) in [6.45, 7) is 0.435. The summed E-state index contributed by atoms with van der Waals surface area (Å²) in [4.78, 5) is 16.5. The molecule has 0 unspecified atom stereocenters. The van der Waals surface area contributed by atoms with Crippen molar-refractivity contribution in [3.05, 3.63) is 79.0 Å². The minimum atomic E-state index is -3.28. The van der Waals surface area contributed by atoms with Crippen LogP contribution in [0.2, 0.25) is 0 Å². The third kappa shape index (κ3) is 4.08. The Kier molecular flexibility index (Phi) is 4.91. The largest absolute Gasteiger partial charge is 0.457 e. The van der Waals surface area contributed by atoms with Gasteiger partial charge in [-0.15, -0.1) is 0 Å². The summed E-state index contributed by atoms with van der Waals surface area (Å²) < 4.78 is 31.3. The highest BCUT2D eigenvalue weighted by Gasteiger charge is 2.14. The molecule has 3 aromatic heterocycles. The van der Waals surface area contributed by atoms with E-state index < -0.39 is 9.84 Å². The number of pyridine rings is 1. The maximum Gasteiger partial charge on any atom is 0.175 e. The Morgan fingerprint density at radius 1 is 1.09 bits per heavy atom. The van der Waals surface area contributed by atoms with E-state index in [1.807, 2.05) is 30.3 Å². The van der Waals surface area contributed by atoms with Gasteiger partial charge in [0.05, 0.1) is 22.5 Å². The second-order valence-corrected chi connectivity index (χ2v) is 9.23. The van der Waals surface area contributed by atoms with E-state index in [4.69, 9.17) is 4.74 Å². The fourth-order valence-electron chi connectivity index (χ4n) is 3.30. The number of nitrogens with one attached hydrogen (secondary N) is 1. The number of aromatic nitrogens is 6. The summed E-state index contributed by atoms with van der Waals surface area (Å²) in [7, 11) is -3.28. The smallest absolute Gasteiger partial charge is 0.175 e. The maximum absolute atomic E-state index is 11.7. The highest BCUT2D eigenvalue weighted by Crippen LogP contribution is 2.31. The quantitative estimate of drug-likeness (QED) is 0.425. The summed E-state index contributed by atoms with van der Waals surface area (Å²) in [5.41, 5.74) is 3.14. The van der Waals surface area contributed by atoms with Gasteiger partial charge in [0.25, 0.3) is 0 Å². The van der Waals surface area contributed by atoms with E-state index in [1.165, 1.54) is 24.7 Å². The first-order chi connectivity index (χ1) is 15.5. The molecule has 5 rings (SSSR count). The van der Waals surface area contributed by atoms with E-state index >= 15 is 0 Å². The molecule has 0 aliphatic heterocycles. The van der Waals surface area contributed by atoms with Gasteiger partial charge in [-0.1, -0.05) is 6.07 Å². The summed E-state index contributed by atoms with van der Waals surface area (Å²) in [6, 6.07) is 15.7. The second-order valence-electron chi connectivity index (χ2n) is 7.22. The molecule has 0 atom stereocenters. The van der Waals surface area contributed by atoms with Crippen LogP contribution in [0.25, 0.3) is 22.6 Å². The minimum absolute atomic E-state index is 0.232. The van der Waals surface area contributed by atoms with Gasteiger partial charge in [0.1, 0.15) is 29.8 Å². The predicted octanol–water partition coefficient (Wildman–Crippen LogP) is 3.46. The van der Waals surface area contributed by atoms with Crippen molar-refractivity contribution in [1.82, 2.24) is 29.7 Å². The maximum atomic E-state index is 11.7. The first kappa shape index (κ1) is 19.9. The standard InChI is InChI=1S/C22H18N6O3S/c1-32(29,30)17-7-5-16(6-8-17)31-21-11-20-19(10-15(21)12-28-14-23-13-25-28)26-22(27-20)18-4-2-3-9-24-18/h2-11,13-14H,12H2,1H3,(H,26,27). The molecule has 0 bridgehead atoms. The minimum Gasteiger partial charge on any atom is -0.457 e. The first-order valence-electron chi connectivity index (χ1n) is 9.70. The second kappa shape index (κ2) is 7.89. The van der Waals surface area contributed by atoms with Crippen molar-refractivity contribution in [1.29, 1.82) is 0 Å². The molecule has 0 radical (unpaired) electrons. The molecule has 10 heteroatoms. The van der Waals surface area contributed by atoms with Crippen LogP contribution in [0, 0.1) is 0 Å². The number of nitrogens with zero attached hydrogens (tertiary/aromatic N) is 5. The predicted molar refractivity (Wildman–Crippen MR) is 118 cm³/mol. The van der Waals surface area contributed by atoms with Crippen LogP contribution < -0.4 is 4.74 Å². The van der Waals surface area contributed by atoms with Crippen LogP contribution in [0.15, 0.2) is 78.3 Å². The fourth-order valence-corrected chi connectivity index (χ4v) is 3.93. The van der Waals surface area contributed by atoms with Crippen LogP contribution in [0.1, 0.15) is 5.56 Å². The lowest BCUT2D eigenvalue weighted by Crippen LogP contribution is -2.02. The van der Waals surface area contributed by atoms with Crippen LogP contribution in [0.5, 0.6) is 11.5 Å². The Hall–Kier alpha value is -4.05. The lowest BCUT2D eigenvalue weighted by atomic mass is 10.1. The molecule has 3 heterocycles. The van der Waals surface area contributed by atoms with Gasteiger partial charge in [0.2, 0.25) is 0 Å². The zero-order valence-electron chi connectivity index (χ0n) is 17.0. The zero-order valence-corrected chi connectivity index (χ0v) is 17.8. The number of sulfone groups is 1. The molecule has 32 heavy (non-hydrogen) atoms. The molecule has 2 aromatic carbocycles. The fraction of sp³-hybridized carbons (Fsp3) is 0.0909. The van der Waals surface area contributed by atoms with Crippen LogP contribution >= 0.6 is 0 Å². The number of benzene rings is 2. The number of rotatable bonds is 6. The van der Waals surface area contributed by atoms with Crippen LogP contribution in [-0.2, 0) is 16.4 Å². The monoisotopic (exact) mass is 446 g/mol. The van der Waals surface area contributed by atoms with Crippen LogP contribution in [-0.4, -0.2) is 44.4 Å². The van der Waals surface area contributed by atoms with E-state index in [2.05, 4.69) is 25.0 Å². The lowest BCUT2D eigenvalue weighted by Gasteiger charge is -2.12. The number of hydrogen-bond acceptors (Lipinski definition) is 7. The Morgan fingerprint density at radius 2 is 1.94 bits per heavy atom. The van der Waals surface area contributed by atoms with Crippen molar-refractivity contribution in [3.8, 4) is 23.0 Å². The number of aromatic amines is 1. The summed E-state index contributed by atoms with van der Waals surface area (Å²) >= 11 is 0. The average Bonchev–Trinajstić information content (AvgIpc) is 3.44. The molecule has 0 fully saturated rings. The lowest BCUT2D eigenvalue weighted by molar-refractivity contribution is 0.472. The van der Waals surface area contributed by atoms with Crippen molar-refractivity contribution < 1.29 is 13.2 Å². The van der Waals surface area contributed by atoms with Gasteiger partial charge in [-0.25, -0.2) is 23.1 Å². The Labute approximate surface area is 183 Å². The summed E-state index contributed by atoms with van der Waals surface area (Å²) in [5.74, 6) is 1.75. The van der Waals surface area contributed by atoms with Gasteiger partial charge >= 0.3 is 0 Å². The van der Waals surface area contributed by atoms with Crippen LogP contribution in [0.3, 0.4) is 0 Å². The topological polar surface area (TPSA) is 116 Å². The SMILES string of the molecule is CS(=O)(=O)c1ccc(Oc2cc3nc(-c4ccccn4)[nH]c3cc2Cn2cncn2)cc1. The Bertz CT molecular complexity index is 1480. The number of imidazole rings is 1. The summed E-state index contributed by atoms with van der Waals surface area (Å²) in [6.07, 6.45) is 5.98. The average molecular weight is 446 g/mol. The van der Waals surface area contributed by atoms with E-state index in [1.54, 1.807) is 29.3 Å². The van der Waals surface area contributed by atoms with E-state index in [0.29, 0.717) is 23.9 Å². The van der Waals surface area contributed by atoms with Gasteiger partial charge in [0.15, 0.2) is 15.7 Å². The third-order valence-corrected chi connectivity index (χ3v) is 5.98. The molecule has 160 valence electrons. The van der Waals surface area contributed by atoms with Crippen molar-refractivity contribution in [2.45, 2.75) is 11.4 Å². The zero-order chi connectivity index (χ0) is 22.1. The van der Waals surface area contributed by atoms with Crippen LogP contribution in [0.4, 0.5) is 0 Å². The number of fused-ring (bicyclic) bond motifs is 1. The molecule has 1 N–H and O–H groups in total. The van der Waals surface area contributed by atoms with Crippen molar-refractivity contribution >= 4 is 20.9 Å². The van der Waals surface area contributed by atoms with Gasteiger partial charge in [-0.2, -0.15) is 5.10 Å². The van der Waals surface area contributed by atoms with Crippen molar-refractivity contribution in [3.63, 3.8) is 0 Å². The van der Waals surface area contributed by atoms with Crippen molar-refractivity contribution in [2.75, 3.05) is 6.26 Å².